The summed E-state index contributed by atoms with van der Waals surface area (Å²) in [6.07, 6.45) is -1.85. The van der Waals surface area contributed by atoms with Crippen LogP contribution in [0.4, 0.5) is 0 Å². The molecule has 1 heterocycles. The Hall–Kier alpha value is -2.45. The van der Waals surface area contributed by atoms with Gasteiger partial charge in [0.25, 0.3) is 0 Å². The molecule has 1 aliphatic carbocycles. The van der Waals surface area contributed by atoms with Crippen LogP contribution in [-0.2, 0) is 29.4 Å². The van der Waals surface area contributed by atoms with Gasteiger partial charge in [0.2, 0.25) is 5.60 Å². The monoisotopic (exact) mass is 364 g/mol. The zero-order valence-corrected chi connectivity index (χ0v) is 14.6. The van der Waals surface area contributed by atoms with E-state index in [1.165, 1.54) is 25.3 Å². The van der Waals surface area contributed by atoms with E-state index in [0.717, 1.165) is 7.11 Å². The standard InChI is InChI=1S/C18H20O8/c1-9-17(8-10(26-9)7-13(20)24-2)15(21)14-11(5-4-6-12(14)19)18(17,23)16(22)25-3/h4-6,9-10,19,23H,7-8H2,1-3H3/t9-,10+,17+,18+/m0/s1. The second kappa shape index (κ2) is 6.07. The minimum Gasteiger partial charge on any atom is -0.507 e. The lowest BCUT2D eigenvalue weighted by Gasteiger charge is -2.37. The molecule has 1 aromatic carbocycles. The van der Waals surface area contributed by atoms with Gasteiger partial charge in [0.05, 0.1) is 38.4 Å². The van der Waals surface area contributed by atoms with Gasteiger partial charge in [0.1, 0.15) is 11.2 Å². The lowest BCUT2D eigenvalue weighted by atomic mass is 9.66. The molecule has 140 valence electrons. The number of carbonyl (C=O) groups is 3. The van der Waals surface area contributed by atoms with Crippen LogP contribution >= 0.6 is 0 Å². The summed E-state index contributed by atoms with van der Waals surface area (Å²) in [5.41, 5.74) is -4.20. The highest BCUT2D eigenvalue weighted by Gasteiger charge is 2.73. The lowest BCUT2D eigenvalue weighted by molar-refractivity contribution is -0.179. The molecule has 1 fully saturated rings. The van der Waals surface area contributed by atoms with Crippen molar-refractivity contribution in [2.75, 3.05) is 14.2 Å². The first-order valence-electron chi connectivity index (χ1n) is 8.14. The number of phenols is 1. The van der Waals surface area contributed by atoms with Crippen molar-refractivity contribution in [3.8, 4) is 5.75 Å². The first-order valence-corrected chi connectivity index (χ1v) is 8.14. The zero-order valence-electron chi connectivity index (χ0n) is 14.6. The Bertz CT molecular complexity index is 787. The van der Waals surface area contributed by atoms with E-state index in [0.29, 0.717) is 0 Å². The Balaban J connectivity index is 2.17. The van der Waals surface area contributed by atoms with Crippen molar-refractivity contribution in [3.05, 3.63) is 29.3 Å². The van der Waals surface area contributed by atoms with E-state index in [1.54, 1.807) is 6.92 Å². The number of methoxy groups -OCH3 is 2. The second-order valence-corrected chi connectivity index (χ2v) is 6.59. The fourth-order valence-electron chi connectivity index (χ4n) is 4.23. The maximum atomic E-state index is 13.3. The molecular weight excluding hydrogens is 344 g/mol. The molecule has 1 aliphatic heterocycles. The van der Waals surface area contributed by atoms with Crippen LogP contribution in [0.1, 0.15) is 35.7 Å². The summed E-state index contributed by atoms with van der Waals surface area (Å²) in [7, 11) is 2.33. The van der Waals surface area contributed by atoms with Gasteiger partial charge >= 0.3 is 11.9 Å². The van der Waals surface area contributed by atoms with Gasteiger partial charge in [-0.05, 0) is 19.4 Å². The molecule has 4 atom stereocenters. The third kappa shape index (κ3) is 2.12. The maximum Gasteiger partial charge on any atom is 0.343 e. The van der Waals surface area contributed by atoms with E-state index in [-0.39, 0.29) is 29.7 Å². The molecule has 0 amide bonds. The third-order valence-electron chi connectivity index (χ3n) is 5.45. The topological polar surface area (TPSA) is 119 Å². The highest BCUT2D eigenvalue weighted by Crippen LogP contribution is 2.60. The van der Waals surface area contributed by atoms with Gasteiger partial charge in [0, 0.05) is 5.56 Å². The van der Waals surface area contributed by atoms with Gasteiger partial charge in [-0.15, -0.1) is 0 Å². The van der Waals surface area contributed by atoms with Gasteiger partial charge in [-0.2, -0.15) is 0 Å². The number of phenolic OH excluding ortho intramolecular Hbond substituents is 1. The Kier molecular flexibility index (Phi) is 4.28. The summed E-state index contributed by atoms with van der Waals surface area (Å²) < 4.78 is 15.1. The van der Waals surface area contributed by atoms with Crippen LogP contribution in [-0.4, -0.2) is 54.4 Å². The average molecular weight is 364 g/mol. The quantitative estimate of drug-likeness (QED) is 0.752. The molecule has 1 aromatic rings. The van der Waals surface area contributed by atoms with E-state index < -0.39 is 40.9 Å². The number of aromatic hydroxyl groups is 1. The van der Waals surface area contributed by atoms with E-state index in [2.05, 4.69) is 4.74 Å². The summed E-state index contributed by atoms with van der Waals surface area (Å²) in [5.74, 6) is -2.51. The molecule has 0 radical (unpaired) electrons. The number of fused-ring (bicyclic) bond motifs is 1. The van der Waals surface area contributed by atoms with E-state index in [9.17, 15) is 24.6 Å². The lowest BCUT2D eigenvalue weighted by Crippen LogP contribution is -2.55. The van der Waals surface area contributed by atoms with Crippen molar-refractivity contribution in [2.24, 2.45) is 5.41 Å². The Morgan fingerprint density at radius 3 is 2.62 bits per heavy atom. The first kappa shape index (κ1) is 18.3. The number of Topliss-reactive ketones (excluding diaryl/α,β-unsaturated/α-hetero) is 1. The van der Waals surface area contributed by atoms with Gasteiger partial charge in [-0.1, -0.05) is 12.1 Å². The fourth-order valence-corrected chi connectivity index (χ4v) is 4.23. The highest BCUT2D eigenvalue weighted by molar-refractivity contribution is 6.13. The summed E-state index contributed by atoms with van der Waals surface area (Å²) in [6.45, 7) is 1.55. The van der Waals surface area contributed by atoms with E-state index >= 15 is 0 Å². The summed E-state index contributed by atoms with van der Waals surface area (Å²) in [4.78, 5) is 37.5. The SMILES string of the molecule is COC(=O)C[C@@H]1C[C@]2(C(=O)c3c(O)cccc3[C@@]2(O)C(=O)OC)[C@H](C)O1. The smallest absolute Gasteiger partial charge is 0.343 e. The van der Waals surface area contributed by atoms with Crippen molar-refractivity contribution >= 4 is 17.7 Å². The van der Waals surface area contributed by atoms with Gasteiger partial charge in [0.15, 0.2) is 5.78 Å². The molecule has 0 bridgehead atoms. The summed E-state index contributed by atoms with van der Waals surface area (Å²) >= 11 is 0. The Morgan fingerprint density at radius 2 is 2.00 bits per heavy atom. The molecule has 2 N–H and O–H groups in total. The van der Waals surface area contributed by atoms with Gasteiger partial charge in [-0.25, -0.2) is 4.79 Å². The van der Waals surface area contributed by atoms with E-state index in [1.807, 2.05) is 0 Å². The first-order chi connectivity index (χ1) is 12.2. The minimum atomic E-state index is -2.34. The highest BCUT2D eigenvalue weighted by atomic mass is 16.5. The largest absolute Gasteiger partial charge is 0.507 e. The number of carbonyl (C=O) groups excluding carboxylic acids is 3. The van der Waals surface area contributed by atoms with Gasteiger partial charge < -0.3 is 24.4 Å². The van der Waals surface area contributed by atoms with Gasteiger partial charge in [-0.3, -0.25) is 9.59 Å². The van der Waals surface area contributed by atoms with Crippen LogP contribution in [0.2, 0.25) is 0 Å². The van der Waals surface area contributed by atoms with Crippen LogP contribution in [0.3, 0.4) is 0 Å². The molecule has 1 saturated heterocycles. The van der Waals surface area contributed by atoms with E-state index in [4.69, 9.17) is 9.47 Å². The summed E-state index contributed by atoms with van der Waals surface area (Å²) in [5, 5.41) is 21.6. The molecule has 2 aliphatic rings. The number of esters is 2. The normalized spacial score (nSPS) is 32.5. The molecule has 0 saturated carbocycles. The number of hydrogen-bond donors (Lipinski definition) is 2. The minimum absolute atomic E-state index is 0.0245. The second-order valence-electron chi connectivity index (χ2n) is 6.59. The molecule has 0 aromatic heterocycles. The van der Waals surface area contributed by atoms with Crippen LogP contribution in [0.5, 0.6) is 5.75 Å². The van der Waals surface area contributed by atoms with Crippen molar-refractivity contribution < 1.29 is 38.8 Å². The van der Waals surface area contributed by atoms with Crippen molar-refractivity contribution in [3.63, 3.8) is 0 Å². The molecule has 8 heteroatoms. The van der Waals surface area contributed by atoms with Crippen LogP contribution in [0.25, 0.3) is 0 Å². The fraction of sp³-hybridized carbons (Fsp3) is 0.500. The summed E-state index contributed by atoms with van der Waals surface area (Å²) in [6, 6.07) is 4.14. The molecule has 26 heavy (non-hydrogen) atoms. The number of rotatable bonds is 3. The predicted molar refractivity (Wildman–Crippen MR) is 86.4 cm³/mol. The Labute approximate surface area is 149 Å². The van der Waals surface area contributed by atoms with Crippen molar-refractivity contribution in [1.29, 1.82) is 0 Å². The molecule has 8 nitrogen and oxygen atoms in total. The number of aliphatic hydroxyl groups is 1. The zero-order chi connectivity index (χ0) is 19.3. The average Bonchev–Trinajstić information content (AvgIpc) is 3.05. The molecular formula is C18H20O8. The predicted octanol–water partition coefficient (Wildman–Crippen LogP) is 0.676. The van der Waals surface area contributed by atoms with Crippen molar-refractivity contribution in [2.45, 2.75) is 37.6 Å². The van der Waals surface area contributed by atoms with Crippen LogP contribution < -0.4 is 0 Å². The molecule has 0 unspecified atom stereocenters. The van der Waals surface area contributed by atoms with Crippen LogP contribution in [0, 0.1) is 5.41 Å². The number of hydrogen-bond acceptors (Lipinski definition) is 8. The molecule has 3 rings (SSSR count). The Morgan fingerprint density at radius 1 is 1.31 bits per heavy atom. The maximum absolute atomic E-state index is 13.3. The van der Waals surface area contributed by atoms with Crippen molar-refractivity contribution in [1.82, 2.24) is 0 Å². The van der Waals surface area contributed by atoms with Crippen LogP contribution in [0.15, 0.2) is 18.2 Å². The number of benzene rings is 1. The number of ketones is 1. The molecule has 1 spiro atoms. The number of ether oxygens (including phenoxy) is 3. The third-order valence-corrected chi connectivity index (χ3v) is 5.45.